The standard InChI is InChI=1S/C19H20N2O3/c22-17-10-5-11-21(13-17)19(24)20-16-9-4-8-15(12-16)18(23)14-6-2-1-3-7-14/h1-4,6-9,12,17,22H,5,10-11,13H2,(H,20,24). The number of benzene rings is 2. The van der Waals surface area contributed by atoms with E-state index in [2.05, 4.69) is 5.32 Å². The minimum Gasteiger partial charge on any atom is -0.391 e. The van der Waals surface area contributed by atoms with Crippen molar-refractivity contribution in [1.29, 1.82) is 0 Å². The molecule has 1 aliphatic rings. The molecule has 0 bridgehead atoms. The van der Waals surface area contributed by atoms with E-state index in [1.807, 2.05) is 18.2 Å². The summed E-state index contributed by atoms with van der Waals surface area (Å²) in [4.78, 5) is 26.4. The lowest BCUT2D eigenvalue weighted by molar-refractivity contribution is 0.0883. The predicted octanol–water partition coefficient (Wildman–Crippen LogP) is 2.91. The van der Waals surface area contributed by atoms with Gasteiger partial charge >= 0.3 is 6.03 Å². The van der Waals surface area contributed by atoms with Gasteiger partial charge in [0.2, 0.25) is 0 Å². The second-order valence-corrected chi connectivity index (χ2v) is 5.95. The Morgan fingerprint density at radius 3 is 2.54 bits per heavy atom. The summed E-state index contributed by atoms with van der Waals surface area (Å²) >= 11 is 0. The third kappa shape index (κ3) is 3.81. The number of β-amino-alcohol motifs (C(OH)–C–C–N with tert-alkyl or cyclic N) is 1. The number of urea groups is 1. The van der Waals surface area contributed by atoms with E-state index in [9.17, 15) is 14.7 Å². The highest BCUT2D eigenvalue weighted by molar-refractivity contribution is 6.09. The monoisotopic (exact) mass is 324 g/mol. The van der Waals surface area contributed by atoms with Gasteiger partial charge in [-0.05, 0) is 25.0 Å². The first-order chi connectivity index (χ1) is 11.6. The fourth-order valence-electron chi connectivity index (χ4n) is 2.84. The molecule has 2 N–H and O–H groups in total. The molecule has 1 saturated heterocycles. The Labute approximate surface area is 140 Å². The Hall–Kier alpha value is -2.66. The van der Waals surface area contributed by atoms with Crippen LogP contribution in [0.4, 0.5) is 10.5 Å². The van der Waals surface area contributed by atoms with Crippen molar-refractivity contribution in [3.05, 3.63) is 65.7 Å². The summed E-state index contributed by atoms with van der Waals surface area (Å²) in [6.07, 6.45) is 1.06. The van der Waals surface area contributed by atoms with Crippen molar-refractivity contribution in [1.82, 2.24) is 4.90 Å². The Bertz CT molecular complexity index is 730. The van der Waals surface area contributed by atoms with Gasteiger partial charge in [0, 0.05) is 29.9 Å². The van der Waals surface area contributed by atoms with Gasteiger partial charge in [-0.15, -0.1) is 0 Å². The molecular weight excluding hydrogens is 304 g/mol. The molecule has 5 nitrogen and oxygen atoms in total. The highest BCUT2D eigenvalue weighted by Gasteiger charge is 2.22. The summed E-state index contributed by atoms with van der Waals surface area (Å²) in [5.41, 5.74) is 1.71. The van der Waals surface area contributed by atoms with Gasteiger partial charge in [-0.1, -0.05) is 42.5 Å². The summed E-state index contributed by atoms with van der Waals surface area (Å²) < 4.78 is 0. The van der Waals surface area contributed by atoms with Gasteiger partial charge in [-0.3, -0.25) is 4.79 Å². The number of rotatable bonds is 3. The molecule has 0 aromatic heterocycles. The molecule has 1 aliphatic heterocycles. The Morgan fingerprint density at radius 1 is 1.04 bits per heavy atom. The number of likely N-dealkylation sites (tertiary alicyclic amines) is 1. The molecule has 2 aromatic rings. The van der Waals surface area contributed by atoms with Crippen LogP contribution in [0.15, 0.2) is 54.6 Å². The number of piperidine rings is 1. The first-order valence-electron chi connectivity index (χ1n) is 8.07. The van der Waals surface area contributed by atoms with Gasteiger partial charge in [-0.2, -0.15) is 0 Å². The van der Waals surface area contributed by atoms with Crippen LogP contribution >= 0.6 is 0 Å². The van der Waals surface area contributed by atoms with E-state index in [0.29, 0.717) is 29.9 Å². The number of carbonyl (C=O) groups is 2. The lowest BCUT2D eigenvalue weighted by atomic mass is 10.0. The van der Waals surface area contributed by atoms with Gasteiger partial charge in [0.05, 0.1) is 6.10 Å². The number of aliphatic hydroxyl groups excluding tert-OH is 1. The molecule has 1 atom stereocenters. The molecule has 124 valence electrons. The van der Waals surface area contributed by atoms with Crippen molar-refractivity contribution in [3.63, 3.8) is 0 Å². The van der Waals surface area contributed by atoms with Crippen molar-refractivity contribution in [3.8, 4) is 0 Å². The van der Waals surface area contributed by atoms with Crippen molar-refractivity contribution in [2.45, 2.75) is 18.9 Å². The van der Waals surface area contributed by atoms with Crippen molar-refractivity contribution >= 4 is 17.5 Å². The summed E-state index contributed by atoms with van der Waals surface area (Å²) in [6.45, 7) is 0.972. The van der Waals surface area contributed by atoms with E-state index in [1.165, 1.54) is 0 Å². The maximum Gasteiger partial charge on any atom is 0.321 e. The van der Waals surface area contributed by atoms with E-state index in [4.69, 9.17) is 0 Å². The molecule has 0 radical (unpaired) electrons. The number of anilines is 1. The van der Waals surface area contributed by atoms with Crippen LogP contribution in [0.1, 0.15) is 28.8 Å². The molecule has 1 fully saturated rings. The number of amides is 2. The molecule has 24 heavy (non-hydrogen) atoms. The minimum absolute atomic E-state index is 0.0832. The molecule has 0 spiro atoms. The maximum atomic E-state index is 12.5. The topological polar surface area (TPSA) is 69.6 Å². The first-order valence-corrected chi connectivity index (χ1v) is 8.07. The quantitative estimate of drug-likeness (QED) is 0.853. The van der Waals surface area contributed by atoms with E-state index in [0.717, 1.165) is 12.8 Å². The van der Waals surface area contributed by atoms with Gasteiger partial charge in [0.1, 0.15) is 0 Å². The summed E-state index contributed by atoms with van der Waals surface area (Å²) in [5.74, 6) is -0.0832. The zero-order chi connectivity index (χ0) is 16.9. The first kappa shape index (κ1) is 16.2. The van der Waals surface area contributed by atoms with Crippen LogP contribution in [0.2, 0.25) is 0 Å². The number of nitrogens with one attached hydrogen (secondary N) is 1. The number of nitrogens with zero attached hydrogens (tertiary/aromatic N) is 1. The van der Waals surface area contributed by atoms with Crippen LogP contribution in [-0.4, -0.2) is 41.0 Å². The minimum atomic E-state index is -0.463. The summed E-state index contributed by atoms with van der Waals surface area (Å²) in [6, 6.07) is 15.7. The van der Waals surface area contributed by atoms with Gasteiger partial charge in [0.15, 0.2) is 5.78 Å². The largest absolute Gasteiger partial charge is 0.391 e. The molecule has 2 aromatic carbocycles. The van der Waals surface area contributed by atoms with Crippen LogP contribution in [0, 0.1) is 0 Å². The molecule has 0 aliphatic carbocycles. The van der Waals surface area contributed by atoms with Crippen molar-refractivity contribution < 1.29 is 14.7 Å². The Morgan fingerprint density at radius 2 is 1.79 bits per heavy atom. The second-order valence-electron chi connectivity index (χ2n) is 5.95. The molecule has 2 amide bonds. The molecule has 5 heteroatoms. The third-order valence-electron chi connectivity index (χ3n) is 4.10. The Kier molecular flexibility index (Phi) is 4.91. The van der Waals surface area contributed by atoms with Crippen LogP contribution in [0.3, 0.4) is 0 Å². The fraction of sp³-hybridized carbons (Fsp3) is 0.263. The Balaban J connectivity index is 1.71. The zero-order valence-corrected chi connectivity index (χ0v) is 13.3. The van der Waals surface area contributed by atoms with Crippen LogP contribution < -0.4 is 5.32 Å². The average molecular weight is 324 g/mol. The molecule has 3 rings (SSSR count). The average Bonchev–Trinajstić information content (AvgIpc) is 2.62. The summed E-state index contributed by atoms with van der Waals surface area (Å²) in [5, 5.41) is 12.5. The molecule has 1 unspecified atom stereocenters. The maximum absolute atomic E-state index is 12.5. The second kappa shape index (κ2) is 7.27. The van der Waals surface area contributed by atoms with Gasteiger partial charge < -0.3 is 15.3 Å². The highest BCUT2D eigenvalue weighted by atomic mass is 16.3. The van der Waals surface area contributed by atoms with Crippen LogP contribution in [0.25, 0.3) is 0 Å². The number of hydrogen-bond donors (Lipinski definition) is 2. The van der Waals surface area contributed by atoms with Crippen molar-refractivity contribution in [2.24, 2.45) is 0 Å². The van der Waals surface area contributed by atoms with Crippen LogP contribution in [-0.2, 0) is 0 Å². The molecule has 0 saturated carbocycles. The normalized spacial score (nSPS) is 17.4. The third-order valence-corrected chi connectivity index (χ3v) is 4.10. The van der Waals surface area contributed by atoms with Crippen LogP contribution in [0.5, 0.6) is 0 Å². The smallest absolute Gasteiger partial charge is 0.321 e. The van der Waals surface area contributed by atoms with E-state index < -0.39 is 6.10 Å². The van der Waals surface area contributed by atoms with E-state index in [-0.39, 0.29) is 11.8 Å². The number of carbonyl (C=O) groups excluding carboxylic acids is 2. The molecular formula is C19H20N2O3. The van der Waals surface area contributed by atoms with Gasteiger partial charge in [-0.25, -0.2) is 4.79 Å². The SMILES string of the molecule is O=C(c1ccccc1)c1cccc(NC(=O)N2CCCC(O)C2)c1. The fourth-order valence-corrected chi connectivity index (χ4v) is 2.84. The van der Waals surface area contributed by atoms with Gasteiger partial charge in [0.25, 0.3) is 0 Å². The highest BCUT2D eigenvalue weighted by Crippen LogP contribution is 2.17. The lowest BCUT2D eigenvalue weighted by Gasteiger charge is -2.30. The van der Waals surface area contributed by atoms with E-state index in [1.54, 1.807) is 41.3 Å². The number of aliphatic hydroxyl groups is 1. The zero-order valence-electron chi connectivity index (χ0n) is 13.3. The molecule has 1 heterocycles. The number of ketones is 1. The lowest BCUT2D eigenvalue weighted by Crippen LogP contribution is -2.44. The predicted molar refractivity (Wildman–Crippen MR) is 92.1 cm³/mol. The van der Waals surface area contributed by atoms with Crippen molar-refractivity contribution in [2.75, 3.05) is 18.4 Å². The summed E-state index contributed by atoms with van der Waals surface area (Å²) in [7, 11) is 0. The van der Waals surface area contributed by atoms with E-state index >= 15 is 0 Å². The number of hydrogen-bond acceptors (Lipinski definition) is 3.